The zero-order chi connectivity index (χ0) is 13.0. The minimum Gasteiger partial charge on any atom is -0.316 e. The Balaban J connectivity index is 2.29. The number of anilines is 1. The highest BCUT2D eigenvalue weighted by molar-refractivity contribution is 9.11. The second-order valence-corrected chi connectivity index (χ2v) is 6.08. The number of rotatable bonds is 4. The first-order valence-electron chi connectivity index (χ1n) is 5.72. The standard InChI is InChI=1S/C13H13BrN2OS/c1-2-6-10(17)15-12-11(16-13(14)18-12)9-7-4-3-5-8-9/h3-5,7-8H,2,6H2,1H3,(H,15,17). The van der Waals surface area contributed by atoms with Crippen LogP contribution in [0.5, 0.6) is 0 Å². The molecule has 0 radical (unpaired) electrons. The molecule has 3 nitrogen and oxygen atoms in total. The van der Waals surface area contributed by atoms with E-state index in [1.165, 1.54) is 11.3 Å². The highest BCUT2D eigenvalue weighted by Gasteiger charge is 2.13. The molecule has 0 aliphatic carbocycles. The number of aromatic nitrogens is 1. The molecule has 18 heavy (non-hydrogen) atoms. The molecular formula is C13H13BrN2OS. The Hall–Kier alpha value is -1.20. The summed E-state index contributed by atoms with van der Waals surface area (Å²) in [7, 11) is 0. The quantitative estimate of drug-likeness (QED) is 0.910. The average molecular weight is 325 g/mol. The van der Waals surface area contributed by atoms with Crippen LogP contribution < -0.4 is 5.32 Å². The molecule has 1 aromatic heterocycles. The molecule has 1 heterocycles. The Bertz CT molecular complexity index is 539. The van der Waals surface area contributed by atoms with Crippen LogP contribution >= 0.6 is 27.3 Å². The van der Waals surface area contributed by atoms with Gasteiger partial charge >= 0.3 is 0 Å². The number of thiazole rings is 1. The summed E-state index contributed by atoms with van der Waals surface area (Å²) in [5.74, 6) is 0.0332. The number of carbonyl (C=O) groups is 1. The molecule has 0 aliphatic rings. The number of nitrogens with zero attached hydrogens (tertiary/aromatic N) is 1. The molecule has 0 spiro atoms. The van der Waals surface area contributed by atoms with E-state index in [0.29, 0.717) is 6.42 Å². The summed E-state index contributed by atoms with van der Waals surface area (Å²) >= 11 is 4.80. The summed E-state index contributed by atoms with van der Waals surface area (Å²) < 4.78 is 0.771. The van der Waals surface area contributed by atoms with Crippen LogP contribution in [-0.2, 0) is 4.79 Å². The van der Waals surface area contributed by atoms with Crippen LogP contribution in [0.2, 0.25) is 0 Å². The molecule has 0 unspecified atom stereocenters. The molecule has 5 heteroatoms. The number of nitrogens with one attached hydrogen (secondary N) is 1. The van der Waals surface area contributed by atoms with Crippen molar-refractivity contribution >= 4 is 38.2 Å². The fourth-order valence-corrected chi connectivity index (χ4v) is 2.98. The van der Waals surface area contributed by atoms with Crippen LogP contribution in [0.25, 0.3) is 11.3 Å². The Kier molecular flexibility index (Phi) is 4.49. The normalized spacial score (nSPS) is 10.3. The van der Waals surface area contributed by atoms with Crippen LogP contribution in [0.3, 0.4) is 0 Å². The molecule has 2 rings (SSSR count). The smallest absolute Gasteiger partial charge is 0.225 e. The van der Waals surface area contributed by atoms with Gasteiger partial charge in [0.1, 0.15) is 10.7 Å². The molecule has 94 valence electrons. The van der Waals surface area contributed by atoms with Crippen LogP contribution in [0.15, 0.2) is 34.2 Å². The molecule has 0 bridgehead atoms. The first-order chi connectivity index (χ1) is 8.70. The molecule has 0 saturated carbocycles. The third kappa shape index (κ3) is 3.17. The molecule has 0 saturated heterocycles. The minimum absolute atomic E-state index is 0.0332. The van der Waals surface area contributed by atoms with E-state index in [1.54, 1.807) is 0 Å². The van der Waals surface area contributed by atoms with Crippen molar-refractivity contribution in [3.05, 3.63) is 34.2 Å². The van der Waals surface area contributed by atoms with E-state index in [9.17, 15) is 4.79 Å². The number of halogens is 1. The predicted molar refractivity (Wildman–Crippen MR) is 78.8 cm³/mol. The van der Waals surface area contributed by atoms with Gasteiger partial charge in [0.25, 0.3) is 0 Å². The Morgan fingerprint density at radius 2 is 2.11 bits per heavy atom. The highest BCUT2D eigenvalue weighted by Crippen LogP contribution is 2.35. The third-order valence-electron chi connectivity index (χ3n) is 2.38. The van der Waals surface area contributed by atoms with E-state index in [4.69, 9.17) is 0 Å². The first-order valence-corrected chi connectivity index (χ1v) is 7.33. The fraction of sp³-hybridized carbons (Fsp3) is 0.231. The summed E-state index contributed by atoms with van der Waals surface area (Å²) in [5, 5.41) is 3.72. The molecule has 1 aromatic carbocycles. The van der Waals surface area contributed by atoms with Crippen molar-refractivity contribution in [3.63, 3.8) is 0 Å². The minimum atomic E-state index is 0.0332. The molecule has 1 N–H and O–H groups in total. The second-order valence-electron chi connectivity index (χ2n) is 3.81. The maximum atomic E-state index is 11.7. The van der Waals surface area contributed by atoms with E-state index >= 15 is 0 Å². The van der Waals surface area contributed by atoms with E-state index < -0.39 is 0 Å². The van der Waals surface area contributed by atoms with Gasteiger partial charge in [0, 0.05) is 12.0 Å². The van der Waals surface area contributed by atoms with Crippen LogP contribution in [0.4, 0.5) is 5.00 Å². The van der Waals surface area contributed by atoms with Gasteiger partial charge in [-0.25, -0.2) is 4.98 Å². The zero-order valence-corrected chi connectivity index (χ0v) is 12.3. The predicted octanol–water partition coefficient (Wildman–Crippen LogP) is 4.31. The van der Waals surface area contributed by atoms with Gasteiger partial charge < -0.3 is 5.32 Å². The van der Waals surface area contributed by atoms with Gasteiger partial charge in [-0.15, -0.1) is 0 Å². The van der Waals surface area contributed by atoms with Gasteiger partial charge in [-0.05, 0) is 22.4 Å². The summed E-state index contributed by atoms with van der Waals surface area (Å²) in [4.78, 5) is 16.1. The lowest BCUT2D eigenvalue weighted by Gasteiger charge is -2.04. The maximum absolute atomic E-state index is 11.7. The lowest BCUT2D eigenvalue weighted by molar-refractivity contribution is -0.116. The van der Waals surface area contributed by atoms with Crippen LogP contribution in [0, 0.1) is 0 Å². The molecular weight excluding hydrogens is 312 g/mol. The number of hydrogen-bond acceptors (Lipinski definition) is 3. The van der Waals surface area contributed by atoms with Gasteiger partial charge in [0.15, 0.2) is 3.92 Å². The van der Waals surface area contributed by atoms with Gasteiger partial charge in [-0.1, -0.05) is 48.6 Å². The summed E-state index contributed by atoms with van der Waals surface area (Å²) in [5.41, 5.74) is 1.82. The second kappa shape index (κ2) is 6.11. The average Bonchev–Trinajstić information content (AvgIpc) is 2.71. The SMILES string of the molecule is CCCC(=O)Nc1sc(Br)nc1-c1ccccc1. The summed E-state index contributed by atoms with van der Waals surface area (Å²) in [6.07, 6.45) is 1.37. The monoisotopic (exact) mass is 324 g/mol. The van der Waals surface area contributed by atoms with E-state index in [0.717, 1.165) is 26.6 Å². The van der Waals surface area contributed by atoms with Gasteiger partial charge in [0.2, 0.25) is 5.91 Å². The first kappa shape index (κ1) is 13.2. The van der Waals surface area contributed by atoms with Gasteiger partial charge in [0.05, 0.1) is 0 Å². The molecule has 0 atom stereocenters. The van der Waals surface area contributed by atoms with Crippen molar-refractivity contribution in [2.24, 2.45) is 0 Å². The fourth-order valence-electron chi connectivity index (χ4n) is 1.59. The topological polar surface area (TPSA) is 42.0 Å². The van der Waals surface area contributed by atoms with E-state index in [2.05, 4.69) is 26.2 Å². The van der Waals surface area contributed by atoms with Crippen molar-refractivity contribution in [1.82, 2.24) is 4.98 Å². The molecule has 1 amide bonds. The molecule has 0 aliphatic heterocycles. The number of carbonyl (C=O) groups excluding carboxylic acids is 1. The van der Waals surface area contributed by atoms with Crippen molar-refractivity contribution in [3.8, 4) is 11.3 Å². The van der Waals surface area contributed by atoms with E-state index in [-0.39, 0.29) is 5.91 Å². The summed E-state index contributed by atoms with van der Waals surface area (Å²) in [6, 6.07) is 9.84. The Labute approximate surface area is 118 Å². The van der Waals surface area contributed by atoms with Gasteiger partial charge in [-0.2, -0.15) is 0 Å². The van der Waals surface area contributed by atoms with E-state index in [1.807, 2.05) is 37.3 Å². The molecule has 0 fully saturated rings. The summed E-state index contributed by atoms with van der Waals surface area (Å²) in [6.45, 7) is 1.99. The lowest BCUT2D eigenvalue weighted by atomic mass is 10.2. The lowest BCUT2D eigenvalue weighted by Crippen LogP contribution is -2.10. The third-order valence-corrected chi connectivity index (χ3v) is 3.80. The Morgan fingerprint density at radius 3 is 2.78 bits per heavy atom. The highest BCUT2D eigenvalue weighted by atomic mass is 79.9. The number of hydrogen-bond donors (Lipinski definition) is 1. The van der Waals surface area contributed by atoms with Crippen molar-refractivity contribution in [2.75, 3.05) is 5.32 Å². The number of amides is 1. The van der Waals surface area contributed by atoms with Crippen molar-refractivity contribution < 1.29 is 4.79 Å². The van der Waals surface area contributed by atoms with Crippen molar-refractivity contribution in [1.29, 1.82) is 0 Å². The van der Waals surface area contributed by atoms with Crippen LogP contribution in [0.1, 0.15) is 19.8 Å². The maximum Gasteiger partial charge on any atom is 0.225 e. The van der Waals surface area contributed by atoms with Crippen LogP contribution in [-0.4, -0.2) is 10.9 Å². The molecule has 2 aromatic rings. The Morgan fingerprint density at radius 1 is 1.39 bits per heavy atom. The largest absolute Gasteiger partial charge is 0.316 e. The van der Waals surface area contributed by atoms with Crippen molar-refractivity contribution in [2.45, 2.75) is 19.8 Å². The van der Waals surface area contributed by atoms with Gasteiger partial charge in [-0.3, -0.25) is 4.79 Å². The zero-order valence-electron chi connectivity index (χ0n) is 9.94. The number of benzene rings is 1.